The van der Waals surface area contributed by atoms with E-state index >= 15 is 0 Å². The van der Waals surface area contributed by atoms with Gasteiger partial charge in [0.05, 0.1) is 27.2 Å². The summed E-state index contributed by atoms with van der Waals surface area (Å²) in [5, 5.41) is 14.9. The van der Waals surface area contributed by atoms with Gasteiger partial charge in [0.2, 0.25) is 0 Å². The molecule has 8 nitrogen and oxygen atoms in total. The van der Waals surface area contributed by atoms with Crippen LogP contribution in [0.15, 0.2) is 12.1 Å². The van der Waals surface area contributed by atoms with Crippen molar-refractivity contribution in [1.29, 1.82) is 0 Å². The summed E-state index contributed by atoms with van der Waals surface area (Å²) in [6.45, 7) is 1.91. The topological polar surface area (TPSA) is 106 Å². The van der Waals surface area contributed by atoms with Crippen LogP contribution in [-0.2, 0) is 11.2 Å². The summed E-state index contributed by atoms with van der Waals surface area (Å²) >= 11 is 0. The Bertz CT molecular complexity index is 660. The summed E-state index contributed by atoms with van der Waals surface area (Å²) in [6.07, 6.45) is 3.07. The summed E-state index contributed by atoms with van der Waals surface area (Å²) < 4.78 is 16.2. The summed E-state index contributed by atoms with van der Waals surface area (Å²) in [4.78, 5) is 23.3. The Morgan fingerprint density at radius 2 is 1.64 bits per heavy atom. The highest BCUT2D eigenvalue weighted by Crippen LogP contribution is 2.34. The smallest absolute Gasteiger partial charge is 0.315 e. The number of hydrogen-bond donors (Lipinski definition) is 3. The highest BCUT2D eigenvalue weighted by atomic mass is 16.5. The zero-order valence-electron chi connectivity index (χ0n) is 16.9. The molecule has 1 aliphatic rings. The summed E-state index contributed by atoms with van der Waals surface area (Å²) in [6, 6.07) is 3.16. The molecule has 0 aliphatic heterocycles. The number of carboxylic acid groups (broad SMARTS) is 1. The molecule has 1 fully saturated rings. The van der Waals surface area contributed by atoms with Crippen LogP contribution in [0.1, 0.15) is 38.2 Å². The van der Waals surface area contributed by atoms with E-state index in [9.17, 15) is 9.59 Å². The molecule has 1 unspecified atom stereocenters. The fourth-order valence-corrected chi connectivity index (χ4v) is 3.57. The molecule has 2 amide bonds. The number of urea groups is 1. The van der Waals surface area contributed by atoms with Gasteiger partial charge in [-0.05, 0) is 39.0 Å². The zero-order valence-corrected chi connectivity index (χ0v) is 16.9. The van der Waals surface area contributed by atoms with Crippen molar-refractivity contribution in [1.82, 2.24) is 10.6 Å². The number of benzene rings is 1. The second kappa shape index (κ2) is 10.1. The summed E-state index contributed by atoms with van der Waals surface area (Å²) in [5.74, 6) is 0.858. The highest BCUT2D eigenvalue weighted by Gasteiger charge is 2.27. The molecular formula is C20H30N2O6. The Balaban J connectivity index is 1.92. The molecule has 0 bridgehead atoms. The van der Waals surface area contributed by atoms with Gasteiger partial charge in [-0.3, -0.25) is 4.79 Å². The summed E-state index contributed by atoms with van der Waals surface area (Å²) in [7, 11) is 4.73. The molecule has 8 heteroatoms. The maximum Gasteiger partial charge on any atom is 0.315 e. The molecule has 1 aliphatic carbocycles. The number of nitrogens with one attached hydrogen (secondary N) is 2. The SMILES string of the molecule is COc1cc(OC)c(CC(C)NC(=O)NC2CCC(C(=O)O)CC2)c(OC)c1. The minimum atomic E-state index is -0.751. The van der Waals surface area contributed by atoms with Crippen LogP contribution in [0.25, 0.3) is 0 Å². The Labute approximate surface area is 165 Å². The second-order valence-corrected chi connectivity index (χ2v) is 7.12. The lowest BCUT2D eigenvalue weighted by Crippen LogP contribution is -2.47. The zero-order chi connectivity index (χ0) is 20.7. The van der Waals surface area contributed by atoms with Crippen molar-refractivity contribution >= 4 is 12.0 Å². The van der Waals surface area contributed by atoms with Crippen LogP contribution in [0.3, 0.4) is 0 Å². The minimum Gasteiger partial charge on any atom is -0.496 e. The van der Waals surface area contributed by atoms with E-state index < -0.39 is 5.97 Å². The molecule has 1 aromatic carbocycles. The van der Waals surface area contributed by atoms with Gasteiger partial charge in [-0.2, -0.15) is 0 Å². The van der Waals surface area contributed by atoms with E-state index in [1.165, 1.54) is 0 Å². The average molecular weight is 394 g/mol. The van der Waals surface area contributed by atoms with Crippen LogP contribution >= 0.6 is 0 Å². The number of rotatable bonds is 8. The third-order valence-corrected chi connectivity index (χ3v) is 5.12. The number of ether oxygens (including phenoxy) is 3. The predicted molar refractivity (Wildman–Crippen MR) is 104 cm³/mol. The van der Waals surface area contributed by atoms with E-state index in [0.717, 1.165) is 5.56 Å². The van der Waals surface area contributed by atoms with E-state index in [1.54, 1.807) is 33.5 Å². The van der Waals surface area contributed by atoms with Crippen LogP contribution in [-0.4, -0.2) is 50.5 Å². The predicted octanol–water partition coefficient (Wildman–Crippen LogP) is 2.59. The molecule has 2 rings (SSSR count). The molecule has 156 valence electrons. The highest BCUT2D eigenvalue weighted by molar-refractivity contribution is 5.75. The summed E-state index contributed by atoms with van der Waals surface area (Å²) in [5.41, 5.74) is 0.848. The van der Waals surface area contributed by atoms with Crippen molar-refractivity contribution in [3.8, 4) is 17.2 Å². The largest absolute Gasteiger partial charge is 0.496 e. The van der Waals surface area contributed by atoms with E-state index in [-0.39, 0.29) is 24.0 Å². The molecule has 0 heterocycles. The normalized spacial score (nSPS) is 20.0. The van der Waals surface area contributed by atoms with Gasteiger partial charge in [0.1, 0.15) is 17.2 Å². The number of aliphatic carboxylic acids is 1. The lowest BCUT2D eigenvalue weighted by molar-refractivity contribution is -0.142. The van der Waals surface area contributed by atoms with Gasteiger partial charge < -0.3 is 30.0 Å². The molecule has 0 saturated heterocycles. The second-order valence-electron chi connectivity index (χ2n) is 7.12. The van der Waals surface area contributed by atoms with Gasteiger partial charge in [-0.25, -0.2) is 4.79 Å². The lowest BCUT2D eigenvalue weighted by atomic mass is 9.86. The molecule has 1 atom stereocenters. The molecule has 0 radical (unpaired) electrons. The monoisotopic (exact) mass is 394 g/mol. The first-order valence-corrected chi connectivity index (χ1v) is 9.46. The maximum absolute atomic E-state index is 12.3. The van der Waals surface area contributed by atoms with E-state index in [0.29, 0.717) is 49.4 Å². The average Bonchev–Trinajstić information content (AvgIpc) is 2.68. The van der Waals surface area contributed by atoms with Crippen molar-refractivity contribution in [2.45, 2.75) is 51.1 Å². The van der Waals surface area contributed by atoms with Crippen molar-refractivity contribution in [3.63, 3.8) is 0 Å². The van der Waals surface area contributed by atoms with Gasteiger partial charge >= 0.3 is 12.0 Å². The molecule has 28 heavy (non-hydrogen) atoms. The van der Waals surface area contributed by atoms with Gasteiger partial charge in [0.15, 0.2) is 0 Å². The molecule has 1 saturated carbocycles. The Morgan fingerprint density at radius 3 is 2.11 bits per heavy atom. The van der Waals surface area contributed by atoms with Crippen molar-refractivity contribution < 1.29 is 28.9 Å². The Kier molecular flexibility index (Phi) is 7.78. The van der Waals surface area contributed by atoms with Crippen LogP contribution in [0.2, 0.25) is 0 Å². The molecular weight excluding hydrogens is 364 g/mol. The number of hydrogen-bond acceptors (Lipinski definition) is 5. The van der Waals surface area contributed by atoms with Crippen LogP contribution < -0.4 is 24.8 Å². The Hall–Kier alpha value is -2.64. The van der Waals surface area contributed by atoms with E-state index in [1.807, 2.05) is 6.92 Å². The standard InChI is InChI=1S/C20H30N2O6/c1-12(9-16-17(27-3)10-15(26-2)11-18(16)28-4)21-20(25)22-14-7-5-13(6-8-14)19(23)24/h10-14H,5-9H2,1-4H3,(H,23,24)(H2,21,22,25). The molecule has 0 spiro atoms. The number of methoxy groups -OCH3 is 3. The fraction of sp³-hybridized carbons (Fsp3) is 0.600. The van der Waals surface area contributed by atoms with Crippen molar-refractivity contribution in [2.24, 2.45) is 5.92 Å². The first kappa shape index (κ1) is 21.7. The van der Waals surface area contributed by atoms with E-state index in [4.69, 9.17) is 19.3 Å². The number of carbonyl (C=O) groups excluding carboxylic acids is 1. The molecule has 1 aromatic rings. The number of carbonyl (C=O) groups is 2. The minimum absolute atomic E-state index is 0.00728. The van der Waals surface area contributed by atoms with Crippen molar-refractivity contribution in [2.75, 3.05) is 21.3 Å². The van der Waals surface area contributed by atoms with Crippen LogP contribution in [0, 0.1) is 5.92 Å². The van der Waals surface area contributed by atoms with Gasteiger partial charge in [0.25, 0.3) is 0 Å². The van der Waals surface area contributed by atoms with Gasteiger partial charge in [-0.1, -0.05) is 0 Å². The molecule has 3 N–H and O–H groups in total. The van der Waals surface area contributed by atoms with E-state index in [2.05, 4.69) is 10.6 Å². The van der Waals surface area contributed by atoms with Gasteiger partial charge in [0, 0.05) is 29.8 Å². The lowest BCUT2D eigenvalue weighted by Gasteiger charge is -2.27. The molecule has 0 aromatic heterocycles. The third-order valence-electron chi connectivity index (χ3n) is 5.12. The number of carboxylic acids is 1. The van der Waals surface area contributed by atoms with Gasteiger partial charge in [-0.15, -0.1) is 0 Å². The van der Waals surface area contributed by atoms with Crippen LogP contribution in [0.4, 0.5) is 4.79 Å². The van der Waals surface area contributed by atoms with Crippen LogP contribution in [0.5, 0.6) is 17.2 Å². The number of amides is 2. The van der Waals surface area contributed by atoms with Crippen molar-refractivity contribution in [3.05, 3.63) is 17.7 Å². The fourth-order valence-electron chi connectivity index (χ4n) is 3.57. The first-order valence-electron chi connectivity index (χ1n) is 9.46. The Morgan fingerprint density at radius 1 is 1.07 bits per heavy atom. The third kappa shape index (κ3) is 5.68. The maximum atomic E-state index is 12.3. The first-order chi connectivity index (χ1) is 13.4. The quantitative estimate of drug-likeness (QED) is 0.626.